The van der Waals surface area contributed by atoms with Crippen LogP contribution in [0.2, 0.25) is 0 Å². The molecule has 0 aliphatic carbocycles. The minimum absolute atomic E-state index is 0.272. The van der Waals surface area contributed by atoms with Crippen LogP contribution in [-0.2, 0) is 12.7 Å². The molecule has 0 unspecified atom stereocenters. The highest BCUT2D eigenvalue weighted by Gasteiger charge is 2.34. The number of piperazine rings is 1. The van der Waals surface area contributed by atoms with Crippen LogP contribution in [0.4, 0.5) is 19.0 Å². The molecular weight excluding hydrogens is 351 g/mol. The highest BCUT2D eigenvalue weighted by Crippen LogP contribution is 2.30. The first-order valence-electron chi connectivity index (χ1n) is 8.15. The van der Waals surface area contributed by atoms with Gasteiger partial charge in [0, 0.05) is 43.7 Å². The van der Waals surface area contributed by atoms with E-state index in [1.165, 1.54) is 0 Å². The summed E-state index contributed by atoms with van der Waals surface area (Å²) in [5, 5.41) is 1.59. The molecule has 1 aliphatic rings. The zero-order valence-corrected chi connectivity index (χ0v) is 14.9. The minimum Gasteiger partial charge on any atom is -0.354 e. The fraction of sp³-hybridized carbons (Fsp3) is 0.562. The van der Waals surface area contributed by atoms with Gasteiger partial charge in [-0.2, -0.15) is 13.2 Å². The van der Waals surface area contributed by atoms with Gasteiger partial charge in [-0.15, -0.1) is 11.3 Å². The molecule has 2 aromatic rings. The number of anilines is 1. The van der Waals surface area contributed by atoms with Gasteiger partial charge < -0.3 is 4.90 Å². The Labute approximate surface area is 148 Å². The van der Waals surface area contributed by atoms with E-state index in [0.717, 1.165) is 54.5 Å². The fourth-order valence-corrected chi connectivity index (χ4v) is 3.50. The second-order valence-corrected chi connectivity index (χ2v) is 7.26. The summed E-state index contributed by atoms with van der Waals surface area (Å²) >= 11 is 1.07. The van der Waals surface area contributed by atoms with E-state index in [2.05, 4.69) is 38.6 Å². The van der Waals surface area contributed by atoms with Crippen molar-refractivity contribution in [1.29, 1.82) is 0 Å². The smallest absolute Gasteiger partial charge is 0.354 e. The van der Waals surface area contributed by atoms with E-state index in [-0.39, 0.29) is 5.92 Å². The van der Waals surface area contributed by atoms with Crippen LogP contribution in [-0.4, -0.2) is 46.0 Å². The van der Waals surface area contributed by atoms with Crippen LogP contribution >= 0.6 is 11.3 Å². The van der Waals surface area contributed by atoms with Gasteiger partial charge in [0.2, 0.25) is 0 Å². The second-order valence-electron chi connectivity index (χ2n) is 6.32. The van der Waals surface area contributed by atoms with Gasteiger partial charge in [-0.3, -0.25) is 4.90 Å². The molecule has 0 bridgehead atoms. The van der Waals surface area contributed by atoms with E-state index in [1.54, 1.807) is 6.20 Å². The van der Waals surface area contributed by atoms with Crippen molar-refractivity contribution >= 4 is 17.2 Å². The Morgan fingerprint density at radius 1 is 1.16 bits per heavy atom. The first-order valence-corrected chi connectivity index (χ1v) is 9.03. The Balaban J connectivity index is 1.57. The van der Waals surface area contributed by atoms with Crippen molar-refractivity contribution in [2.24, 2.45) is 0 Å². The standard InChI is InChI=1S/C16H20F3N5S/c1-11(2)15-20-4-3-13(22-15)24-7-5-23(6-8-24)9-14-21-12(10-25-14)16(17,18)19/h3-4,10-11H,5-9H2,1-2H3. The monoisotopic (exact) mass is 371 g/mol. The van der Waals surface area contributed by atoms with E-state index in [9.17, 15) is 13.2 Å². The third-order valence-corrected chi connectivity index (χ3v) is 4.91. The second kappa shape index (κ2) is 7.25. The van der Waals surface area contributed by atoms with Gasteiger partial charge in [0.15, 0.2) is 5.69 Å². The molecule has 3 rings (SSSR count). The molecule has 0 aromatic carbocycles. The van der Waals surface area contributed by atoms with Gasteiger partial charge in [-0.25, -0.2) is 15.0 Å². The lowest BCUT2D eigenvalue weighted by Crippen LogP contribution is -2.46. The lowest BCUT2D eigenvalue weighted by molar-refractivity contribution is -0.140. The maximum atomic E-state index is 12.6. The Hall–Kier alpha value is -1.74. The molecule has 9 heteroatoms. The summed E-state index contributed by atoms with van der Waals surface area (Å²) in [6, 6.07) is 1.90. The summed E-state index contributed by atoms with van der Waals surface area (Å²) in [6.45, 7) is 7.66. The normalized spacial score (nSPS) is 16.6. The molecule has 0 amide bonds. The molecule has 0 N–H and O–H groups in total. The van der Waals surface area contributed by atoms with Crippen LogP contribution in [0.3, 0.4) is 0 Å². The number of thiazole rings is 1. The minimum atomic E-state index is -4.37. The average molecular weight is 371 g/mol. The van der Waals surface area contributed by atoms with Crippen molar-refractivity contribution in [1.82, 2.24) is 19.9 Å². The number of aromatic nitrogens is 3. The van der Waals surface area contributed by atoms with Crippen molar-refractivity contribution < 1.29 is 13.2 Å². The molecule has 1 fully saturated rings. The quantitative estimate of drug-likeness (QED) is 0.824. The Kier molecular flexibility index (Phi) is 5.24. The van der Waals surface area contributed by atoms with Gasteiger partial charge in [-0.05, 0) is 6.07 Å². The van der Waals surface area contributed by atoms with E-state index < -0.39 is 11.9 Å². The average Bonchev–Trinajstić information content (AvgIpc) is 3.04. The largest absolute Gasteiger partial charge is 0.434 e. The molecule has 136 valence electrons. The SMILES string of the molecule is CC(C)c1nccc(N2CCN(Cc3nc(C(F)(F)F)cs3)CC2)n1. The summed E-state index contributed by atoms with van der Waals surface area (Å²) in [5.41, 5.74) is -0.798. The molecule has 2 aromatic heterocycles. The zero-order valence-electron chi connectivity index (χ0n) is 14.1. The molecule has 0 saturated carbocycles. The van der Waals surface area contributed by atoms with Crippen molar-refractivity contribution in [2.45, 2.75) is 32.5 Å². The van der Waals surface area contributed by atoms with E-state index >= 15 is 0 Å². The molecule has 0 radical (unpaired) electrons. The van der Waals surface area contributed by atoms with Crippen LogP contribution in [0.25, 0.3) is 0 Å². The predicted octanol–water partition coefficient (Wildman–Crippen LogP) is 3.40. The highest BCUT2D eigenvalue weighted by molar-refractivity contribution is 7.09. The Morgan fingerprint density at radius 3 is 2.48 bits per heavy atom. The van der Waals surface area contributed by atoms with Gasteiger partial charge in [0.1, 0.15) is 16.6 Å². The van der Waals surface area contributed by atoms with Crippen LogP contribution in [0.5, 0.6) is 0 Å². The van der Waals surface area contributed by atoms with Crippen LogP contribution in [0.15, 0.2) is 17.6 Å². The van der Waals surface area contributed by atoms with Crippen LogP contribution in [0, 0.1) is 0 Å². The van der Waals surface area contributed by atoms with E-state index in [1.807, 2.05) is 6.07 Å². The van der Waals surface area contributed by atoms with Gasteiger partial charge in [0.25, 0.3) is 0 Å². The molecule has 1 aliphatic heterocycles. The predicted molar refractivity (Wildman–Crippen MR) is 90.7 cm³/mol. The molecule has 0 spiro atoms. The lowest BCUT2D eigenvalue weighted by Gasteiger charge is -2.35. The molecule has 1 saturated heterocycles. The first kappa shape index (κ1) is 18.1. The maximum Gasteiger partial charge on any atom is 0.434 e. The zero-order chi connectivity index (χ0) is 18.0. The Bertz CT molecular complexity index is 708. The van der Waals surface area contributed by atoms with Crippen molar-refractivity contribution in [3.63, 3.8) is 0 Å². The van der Waals surface area contributed by atoms with Crippen LogP contribution < -0.4 is 4.90 Å². The summed E-state index contributed by atoms with van der Waals surface area (Å²) in [7, 11) is 0. The molecular formula is C16H20F3N5S. The number of nitrogens with zero attached hydrogens (tertiary/aromatic N) is 5. The third kappa shape index (κ3) is 4.46. The number of halogens is 3. The summed E-state index contributed by atoms with van der Waals surface area (Å²) < 4.78 is 37.9. The number of hydrogen-bond donors (Lipinski definition) is 0. The number of rotatable bonds is 4. The summed E-state index contributed by atoms with van der Waals surface area (Å²) in [6.07, 6.45) is -2.59. The van der Waals surface area contributed by atoms with Crippen molar-refractivity contribution in [2.75, 3.05) is 31.1 Å². The van der Waals surface area contributed by atoms with E-state index in [0.29, 0.717) is 11.6 Å². The summed E-state index contributed by atoms with van der Waals surface area (Å²) in [5.74, 6) is 2.00. The van der Waals surface area contributed by atoms with Gasteiger partial charge in [-0.1, -0.05) is 13.8 Å². The van der Waals surface area contributed by atoms with E-state index in [4.69, 9.17) is 0 Å². The third-order valence-electron chi connectivity index (χ3n) is 4.07. The highest BCUT2D eigenvalue weighted by atomic mass is 32.1. The van der Waals surface area contributed by atoms with Gasteiger partial charge >= 0.3 is 6.18 Å². The molecule has 0 atom stereocenters. The topological polar surface area (TPSA) is 45.2 Å². The van der Waals surface area contributed by atoms with Crippen LogP contribution in [0.1, 0.15) is 36.3 Å². The Morgan fingerprint density at radius 2 is 1.88 bits per heavy atom. The first-order chi connectivity index (χ1) is 11.8. The lowest BCUT2D eigenvalue weighted by atomic mass is 10.2. The van der Waals surface area contributed by atoms with Crippen molar-refractivity contribution in [3.8, 4) is 0 Å². The summed E-state index contributed by atoms with van der Waals surface area (Å²) in [4.78, 5) is 16.9. The molecule has 5 nitrogen and oxygen atoms in total. The van der Waals surface area contributed by atoms with Crippen molar-refractivity contribution in [3.05, 3.63) is 34.2 Å². The molecule has 25 heavy (non-hydrogen) atoms. The fourth-order valence-electron chi connectivity index (χ4n) is 2.66. The molecule has 3 heterocycles. The number of alkyl halides is 3. The van der Waals surface area contributed by atoms with Gasteiger partial charge in [0.05, 0.1) is 6.54 Å². The maximum absolute atomic E-state index is 12.6. The number of hydrogen-bond acceptors (Lipinski definition) is 6.